The highest BCUT2D eigenvalue weighted by Gasteiger charge is 1.98. The lowest BCUT2D eigenvalue weighted by Gasteiger charge is -1.95. The van der Waals surface area contributed by atoms with Crippen molar-refractivity contribution in [3.8, 4) is 11.8 Å². The fourth-order valence-corrected chi connectivity index (χ4v) is 1.41. The molecule has 4 nitrogen and oxygen atoms in total. The maximum Gasteiger partial charge on any atom is 0.264 e. The molecular formula is C11H12FNO3S. The van der Waals surface area contributed by atoms with Gasteiger partial charge in [-0.1, -0.05) is 12.0 Å². The molecule has 1 rings (SSSR count). The van der Waals surface area contributed by atoms with Crippen LogP contribution in [-0.2, 0) is 21.0 Å². The van der Waals surface area contributed by atoms with Crippen molar-refractivity contribution in [3.63, 3.8) is 0 Å². The number of halogens is 1. The third kappa shape index (κ3) is 6.00. The summed E-state index contributed by atoms with van der Waals surface area (Å²) < 4.78 is 38.0. The average molecular weight is 257 g/mol. The molecule has 0 atom stereocenters. The van der Waals surface area contributed by atoms with Crippen LogP contribution in [0.3, 0.4) is 0 Å². The predicted octanol–water partition coefficient (Wildman–Crippen LogP) is 1.27. The van der Waals surface area contributed by atoms with Crippen molar-refractivity contribution in [2.75, 3.05) is 12.9 Å². The van der Waals surface area contributed by atoms with E-state index in [-0.39, 0.29) is 13.0 Å². The van der Waals surface area contributed by atoms with Crippen LogP contribution in [0.5, 0.6) is 0 Å². The molecule has 0 aromatic carbocycles. The standard InChI is InChI=1S/C11H12FNO3S/c1-17(14,15)16-8-3-2-5-10-6-4-7-11(9-12)13-10/h4,6-7H,3,8-9H2,1H3. The largest absolute Gasteiger partial charge is 0.269 e. The number of aromatic nitrogens is 1. The second-order valence-electron chi connectivity index (χ2n) is 3.23. The maximum atomic E-state index is 12.3. The van der Waals surface area contributed by atoms with Crippen LogP contribution in [0.15, 0.2) is 18.2 Å². The first-order valence-corrected chi connectivity index (χ1v) is 6.68. The summed E-state index contributed by atoms with van der Waals surface area (Å²) in [7, 11) is -3.41. The fraction of sp³-hybridized carbons (Fsp3) is 0.364. The molecule has 0 spiro atoms. The predicted molar refractivity (Wildman–Crippen MR) is 61.3 cm³/mol. The molecule has 0 unspecified atom stereocenters. The molecule has 1 heterocycles. The lowest BCUT2D eigenvalue weighted by molar-refractivity contribution is 0.330. The van der Waals surface area contributed by atoms with Gasteiger partial charge in [0, 0.05) is 6.42 Å². The summed E-state index contributed by atoms with van der Waals surface area (Å²) in [5, 5.41) is 0. The van der Waals surface area contributed by atoms with Gasteiger partial charge in [-0.25, -0.2) is 9.37 Å². The van der Waals surface area contributed by atoms with E-state index in [1.54, 1.807) is 18.2 Å². The van der Waals surface area contributed by atoms with Gasteiger partial charge in [-0.2, -0.15) is 8.42 Å². The molecule has 1 aromatic rings. The van der Waals surface area contributed by atoms with Crippen LogP contribution in [0.4, 0.5) is 4.39 Å². The minimum atomic E-state index is -3.41. The number of hydrogen-bond donors (Lipinski definition) is 0. The first-order valence-electron chi connectivity index (χ1n) is 4.86. The number of nitrogens with zero attached hydrogens (tertiary/aromatic N) is 1. The Morgan fingerprint density at radius 3 is 2.88 bits per heavy atom. The minimum absolute atomic E-state index is 0.00857. The Hall–Kier alpha value is -1.45. The fourth-order valence-electron chi connectivity index (χ4n) is 1.02. The molecule has 0 radical (unpaired) electrons. The third-order valence-corrected chi connectivity index (χ3v) is 2.28. The van der Waals surface area contributed by atoms with Crippen LogP contribution in [0.1, 0.15) is 17.8 Å². The maximum absolute atomic E-state index is 12.3. The average Bonchev–Trinajstić information content (AvgIpc) is 2.27. The van der Waals surface area contributed by atoms with E-state index in [9.17, 15) is 12.8 Å². The highest BCUT2D eigenvalue weighted by Crippen LogP contribution is 1.99. The van der Waals surface area contributed by atoms with Crippen molar-refractivity contribution in [1.29, 1.82) is 0 Å². The van der Waals surface area contributed by atoms with Gasteiger partial charge in [0.1, 0.15) is 12.4 Å². The van der Waals surface area contributed by atoms with Gasteiger partial charge >= 0.3 is 0 Å². The molecule has 92 valence electrons. The normalized spacial score (nSPS) is 10.7. The van der Waals surface area contributed by atoms with Crippen molar-refractivity contribution in [1.82, 2.24) is 4.98 Å². The van der Waals surface area contributed by atoms with Crippen molar-refractivity contribution in [3.05, 3.63) is 29.6 Å². The number of hydrogen-bond acceptors (Lipinski definition) is 4. The quantitative estimate of drug-likeness (QED) is 0.463. The van der Waals surface area contributed by atoms with Gasteiger partial charge in [0.25, 0.3) is 10.1 Å². The number of pyridine rings is 1. The van der Waals surface area contributed by atoms with Crippen LogP contribution in [0.25, 0.3) is 0 Å². The number of rotatable bonds is 4. The van der Waals surface area contributed by atoms with Crippen LogP contribution in [0, 0.1) is 11.8 Å². The van der Waals surface area contributed by atoms with Crippen molar-refractivity contribution in [2.45, 2.75) is 13.1 Å². The monoisotopic (exact) mass is 257 g/mol. The van der Waals surface area contributed by atoms with Crippen LogP contribution in [-0.4, -0.2) is 26.3 Å². The zero-order chi connectivity index (χ0) is 12.7. The molecule has 1 aromatic heterocycles. The summed E-state index contributed by atoms with van der Waals surface area (Å²) in [6, 6.07) is 4.89. The van der Waals surface area contributed by atoms with Gasteiger partial charge in [0.2, 0.25) is 0 Å². The lowest BCUT2D eigenvalue weighted by Crippen LogP contribution is -2.03. The van der Waals surface area contributed by atoms with Gasteiger partial charge in [-0.15, -0.1) is 0 Å². The minimum Gasteiger partial charge on any atom is -0.269 e. The summed E-state index contributed by atoms with van der Waals surface area (Å²) in [6.45, 7) is -0.624. The summed E-state index contributed by atoms with van der Waals surface area (Å²) in [5.41, 5.74) is 0.781. The van der Waals surface area contributed by atoms with Crippen molar-refractivity contribution >= 4 is 10.1 Å². The van der Waals surface area contributed by atoms with E-state index in [1.807, 2.05) is 0 Å². The molecule has 0 fully saturated rings. The summed E-state index contributed by atoms with van der Waals surface area (Å²) in [4.78, 5) is 3.93. The molecule has 0 saturated heterocycles. The Morgan fingerprint density at radius 1 is 1.47 bits per heavy atom. The lowest BCUT2D eigenvalue weighted by atomic mass is 10.3. The Balaban J connectivity index is 2.49. The first-order chi connectivity index (χ1) is 8.01. The zero-order valence-corrected chi connectivity index (χ0v) is 10.1. The topological polar surface area (TPSA) is 56.3 Å². The summed E-state index contributed by atoms with van der Waals surface area (Å²) in [6.07, 6.45) is 1.25. The van der Waals surface area contributed by atoms with E-state index < -0.39 is 16.8 Å². The Labute approximate surface area is 100.0 Å². The van der Waals surface area contributed by atoms with Crippen LogP contribution < -0.4 is 0 Å². The van der Waals surface area contributed by atoms with E-state index in [4.69, 9.17) is 0 Å². The highest BCUT2D eigenvalue weighted by atomic mass is 32.2. The summed E-state index contributed by atoms with van der Waals surface area (Å²) in [5.74, 6) is 5.40. The van der Waals surface area contributed by atoms with Gasteiger partial charge in [0.15, 0.2) is 0 Å². The Kier molecular flexibility index (Phi) is 5.07. The number of alkyl halides is 1. The molecular weight excluding hydrogens is 245 g/mol. The first kappa shape index (κ1) is 13.6. The zero-order valence-electron chi connectivity index (χ0n) is 9.31. The van der Waals surface area contributed by atoms with Crippen molar-refractivity contribution < 1.29 is 17.0 Å². The molecule has 0 aliphatic carbocycles. The Bertz CT molecular complexity index is 531. The van der Waals surface area contributed by atoms with E-state index in [1.165, 1.54) is 0 Å². The van der Waals surface area contributed by atoms with E-state index in [2.05, 4.69) is 21.0 Å². The molecule has 0 aliphatic rings. The Morgan fingerprint density at radius 2 is 2.24 bits per heavy atom. The molecule has 6 heteroatoms. The summed E-state index contributed by atoms with van der Waals surface area (Å²) >= 11 is 0. The third-order valence-electron chi connectivity index (χ3n) is 1.68. The van der Waals surface area contributed by atoms with E-state index in [0.717, 1.165) is 6.26 Å². The molecule has 0 amide bonds. The van der Waals surface area contributed by atoms with Gasteiger partial charge < -0.3 is 0 Å². The second-order valence-corrected chi connectivity index (χ2v) is 4.87. The van der Waals surface area contributed by atoms with Crippen LogP contribution >= 0.6 is 0 Å². The van der Waals surface area contributed by atoms with E-state index in [0.29, 0.717) is 11.4 Å². The SMILES string of the molecule is CS(=O)(=O)OCCC#Cc1cccc(CF)n1. The molecule has 0 N–H and O–H groups in total. The van der Waals surface area contributed by atoms with Crippen LogP contribution in [0.2, 0.25) is 0 Å². The van der Waals surface area contributed by atoms with Gasteiger partial charge in [-0.3, -0.25) is 4.18 Å². The highest BCUT2D eigenvalue weighted by molar-refractivity contribution is 7.85. The molecule has 0 saturated carbocycles. The van der Waals surface area contributed by atoms with Gasteiger partial charge in [0.05, 0.1) is 18.6 Å². The molecule has 17 heavy (non-hydrogen) atoms. The van der Waals surface area contributed by atoms with E-state index >= 15 is 0 Å². The van der Waals surface area contributed by atoms with Gasteiger partial charge in [-0.05, 0) is 18.1 Å². The molecule has 0 aliphatic heterocycles. The molecule has 0 bridgehead atoms. The van der Waals surface area contributed by atoms with Crippen molar-refractivity contribution in [2.24, 2.45) is 0 Å². The smallest absolute Gasteiger partial charge is 0.264 e. The second kappa shape index (κ2) is 6.33.